The number of nitrogens with zero attached hydrogens (tertiary/aromatic N) is 3. The summed E-state index contributed by atoms with van der Waals surface area (Å²) in [5, 5.41) is 4.17. The second kappa shape index (κ2) is 7.61. The van der Waals surface area contributed by atoms with Crippen molar-refractivity contribution in [3.8, 4) is 0 Å². The molecule has 7 nitrogen and oxygen atoms in total. The van der Waals surface area contributed by atoms with Gasteiger partial charge in [0.1, 0.15) is 0 Å². The summed E-state index contributed by atoms with van der Waals surface area (Å²) in [5.41, 5.74) is -0.271. The first-order valence-electron chi connectivity index (χ1n) is 8.81. The van der Waals surface area contributed by atoms with Crippen LogP contribution in [0.25, 0.3) is 0 Å². The molecule has 2 fully saturated rings. The van der Waals surface area contributed by atoms with Crippen molar-refractivity contribution in [2.45, 2.75) is 44.4 Å². The van der Waals surface area contributed by atoms with Crippen LogP contribution in [0.15, 0.2) is 4.52 Å². The Hall–Kier alpha value is -1.47. The SMILES string of the molecule is COCCC1(c2noc(C)n2)CCCN(C(=O)C2CCOCC2)C1. The Labute approximate surface area is 142 Å². The molecule has 1 unspecified atom stereocenters. The van der Waals surface area contributed by atoms with Gasteiger partial charge in [0.2, 0.25) is 11.8 Å². The smallest absolute Gasteiger partial charge is 0.225 e. The standard InChI is InChI=1S/C17H27N3O4/c1-13-18-16(19-24-13)17(7-11-22-2)6-3-8-20(12-17)15(21)14-4-9-23-10-5-14/h14H,3-12H2,1-2H3. The highest BCUT2D eigenvalue weighted by Crippen LogP contribution is 2.36. The normalized spacial score (nSPS) is 25.8. The maximum Gasteiger partial charge on any atom is 0.225 e. The molecule has 0 aliphatic carbocycles. The average molecular weight is 337 g/mol. The number of rotatable bonds is 5. The lowest BCUT2D eigenvalue weighted by molar-refractivity contribution is -0.141. The highest BCUT2D eigenvalue weighted by Gasteiger charge is 2.43. The zero-order chi connectivity index (χ0) is 17.0. The predicted octanol–water partition coefficient (Wildman–Crippen LogP) is 1.70. The number of amides is 1. The topological polar surface area (TPSA) is 77.7 Å². The molecule has 1 aromatic rings. The molecule has 7 heteroatoms. The Kier molecular flexibility index (Phi) is 5.50. The number of hydrogen-bond donors (Lipinski definition) is 0. The molecule has 1 atom stereocenters. The Morgan fingerprint density at radius 1 is 1.42 bits per heavy atom. The third-order valence-corrected chi connectivity index (χ3v) is 5.25. The predicted molar refractivity (Wildman–Crippen MR) is 86.6 cm³/mol. The lowest BCUT2D eigenvalue weighted by Gasteiger charge is -2.42. The van der Waals surface area contributed by atoms with E-state index in [1.54, 1.807) is 14.0 Å². The van der Waals surface area contributed by atoms with Gasteiger partial charge in [0.25, 0.3) is 0 Å². The number of ether oxygens (including phenoxy) is 2. The van der Waals surface area contributed by atoms with Crippen molar-refractivity contribution in [1.82, 2.24) is 15.0 Å². The first-order chi connectivity index (χ1) is 11.6. The van der Waals surface area contributed by atoms with Crippen LogP contribution in [-0.4, -0.2) is 61.0 Å². The molecule has 0 N–H and O–H groups in total. The Bertz CT molecular complexity index is 556. The van der Waals surface area contributed by atoms with Crippen molar-refractivity contribution >= 4 is 5.91 Å². The van der Waals surface area contributed by atoms with Crippen LogP contribution < -0.4 is 0 Å². The summed E-state index contributed by atoms with van der Waals surface area (Å²) in [5.74, 6) is 1.61. The lowest BCUT2D eigenvalue weighted by Crippen LogP contribution is -2.51. The number of methoxy groups -OCH3 is 1. The molecule has 1 amide bonds. The number of carbonyl (C=O) groups is 1. The van der Waals surface area contributed by atoms with Gasteiger partial charge >= 0.3 is 0 Å². The van der Waals surface area contributed by atoms with E-state index in [0.29, 0.717) is 38.1 Å². The molecule has 0 spiro atoms. The van der Waals surface area contributed by atoms with Gasteiger partial charge in [0.15, 0.2) is 5.82 Å². The number of piperidine rings is 1. The van der Waals surface area contributed by atoms with Crippen molar-refractivity contribution in [2.75, 3.05) is 40.0 Å². The van der Waals surface area contributed by atoms with Gasteiger partial charge in [-0.3, -0.25) is 4.79 Å². The van der Waals surface area contributed by atoms with Gasteiger partial charge in [0.05, 0.1) is 5.41 Å². The largest absolute Gasteiger partial charge is 0.385 e. The summed E-state index contributed by atoms with van der Waals surface area (Å²) in [6, 6.07) is 0. The quantitative estimate of drug-likeness (QED) is 0.814. The van der Waals surface area contributed by atoms with Gasteiger partial charge in [-0.15, -0.1) is 0 Å². The zero-order valence-corrected chi connectivity index (χ0v) is 14.6. The van der Waals surface area contributed by atoms with Crippen molar-refractivity contribution < 1.29 is 18.8 Å². The molecule has 2 aliphatic rings. The molecule has 3 rings (SSSR count). The van der Waals surface area contributed by atoms with Crippen LogP contribution in [0.3, 0.4) is 0 Å². The van der Waals surface area contributed by atoms with Crippen LogP contribution in [0, 0.1) is 12.8 Å². The van der Waals surface area contributed by atoms with E-state index >= 15 is 0 Å². The maximum atomic E-state index is 12.9. The van der Waals surface area contributed by atoms with Crippen LogP contribution in [0.4, 0.5) is 0 Å². The molecule has 2 aliphatic heterocycles. The molecular weight excluding hydrogens is 310 g/mol. The van der Waals surface area contributed by atoms with E-state index in [1.165, 1.54) is 0 Å². The van der Waals surface area contributed by atoms with Crippen LogP contribution in [0.1, 0.15) is 43.8 Å². The van der Waals surface area contributed by atoms with E-state index in [-0.39, 0.29) is 17.2 Å². The van der Waals surface area contributed by atoms with Crippen LogP contribution in [0.5, 0.6) is 0 Å². The summed E-state index contributed by atoms with van der Waals surface area (Å²) in [7, 11) is 1.70. The lowest BCUT2D eigenvalue weighted by atomic mass is 9.76. The summed E-state index contributed by atoms with van der Waals surface area (Å²) in [6.45, 7) is 5.24. The molecule has 0 saturated carbocycles. The summed E-state index contributed by atoms with van der Waals surface area (Å²) in [6.07, 6.45) is 4.34. The number of hydrogen-bond acceptors (Lipinski definition) is 6. The van der Waals surface area contributed by atoms with Gasteiger partial charge in [-0.25, -0.2) is 0 Å². The molecular formula is C17H27N3O4. The van der Waals surface area contributed by atoms with Crippen molar-refractivity contribution in [3.63, 3.8) is 0 Å². The first-order valence-corrected chi connectivity index (χ1v) is 8.81. The Morgan fingerprint density at radius 3 is 2.88 bits per heavy atom. The second-order valence-corrected chi connectivity index (χ2v) is 6.91. The minimum absolute atomic E-state index is 0.0870. The van der Waals surface area contributed by atoms with Crippen LogP contribution in [0.2, 0.25) is 0 Å². The van der Waals surface area contributed by atoms with Gasteiger partial charge in [-0.05, 0) is 32.1 Å². The summed E-state index contributed by atoms with van der Waals surface area (Å²) in [4.78, 5) is 19.4. The average Bonchev–Trinajstić information content (AvgIpc) is 3.07. The zero-order valence-electron chi connectivity index (χ0n) is 14.6. The number of likely N-dealkylation sites (tertiary alicyclic amines) is 1. The van der Waals surface area contributed by atoms with Crippen molar-refractivity contribution in [1.29, 1.82) is 0 Å². The highest BCUT2D eigenvalue weighted by molar-refractivity contribution is 5.79. The molecule has 0 aromatic carbocycles. The maximum absolute atomic E-state index is 12.9. The van der Waals surface area contributed by atoms with E-state index in [4.69, 9.17) is 14.0 Å². The van der Waals surface area contributed by atoms with E-state index in [2.05, 4.69) is 10.1 Å². The fourth-order valence-electron chi connectivity index (χ4n) is 3.83. The van der Waals surface area contributed by atoms with Crippen molar-refractivity contribution in [3.05, 3.63) is 11.7 Å². The minimum Gasteiger partial charge on any atom is -0.385 e. The number of aryl methyl sites for hydroxylation is 1. The molecule has 2 saturated heterocycles. The molecule has 24 heavy (non-hydrogen) atoms. The third-order valence-electron chi connectivity index (χ3n) is 5.25. The van der Waals surface area contributed by atoms with Gasteiger partial charge in [0, 0.05) is 52.9 Å². The van der Waals surface area contributed by atoms with E-state index < -0.39 is 0 Å². The fourth-order valence-corrected chi connectivity index (χ4v) is 3.83. The molecule has 1 aromatic heterocycles. The monoisotopic (exact) mass is 337 g/mol. The molecule has 0 bridgehead atoms. The molecule has 0 radical (unpaired) electrons. The van der Waals surface area contributed by atoms with Crippen LogP contribution in [-0.2, 0) is 19.7 Å². The Morgan fingerprint density at radius 2 is 2.21 bits per heavy atom. The number of carbonyl (C=O) groups excluding carboxylic acids is 1. The first kappa shape index (κ1) is 17.4. The fraction of sp³-hybridized carbons (Fsp3) is 0.824. The van der Waals surface area contributed by atoms with Crippen molar-refractivity contribution in [2.24, 2.45) is 5.92 Å². The minimum atomic E-state index is -0.271. The number of aromatic nitrogens is 2. The van der Waals surface area contributed by atoms with E-state index in [0.717, 1.165) is 38.6 Å². The van der Waals surface area contributed by atoms with Crippen LogP contribution >= 0.6 is 0 Å². The molecule has 3 heterocycles. The Balaban J connectivity index is 1.77. The third kappa shape index (κ3) is 3.62. The van der Waals surface area contributed by atoms with Gasteiger partial charge < -0.3 is 18.9 Å². The van der Waals surface area contributed by atoms with Gasteiger partial charge in [-0.2, -0.15) is 4.98 Å². The van der Waals surface area contributed by atoms with E-state index in [9.17, 15) is 4.79 Å². The summed E-state index contributed by atoms with van der Waals surface area (Å²) >= 11 is 0. The summed E-state index contributed by atoms with van der Waals surface area (Å²) < 4.78 is 15.9. The van der Waals surface area contributed by atoms with Gasteiger partial charge in [-0.1, -0.05) is 5.16 Å². The second-order valence-electron chi connectivity index (χ2n) is 6.91. The highest BCUT2D eigenvalue weighted by atomic mass is 16.5. The van der Waals surface area contributed by atoms with E-state index in [1.807, 2.05) is 4.90 Å². The molecule has 134 valence electrons.